The first-order valence-electron chi connectivity index (χ1n) is 3.90. The van der Waals surface area contributed by atoms with Crippen LogP contribution in [-0.4, -0.2) is 23.6 Å². The molecule has 1 heterocycles. The number of aliphatic carboxylic acids is 1. The molecule has 0 fully saturated rings. The summed E-state index contributed by atoms with van der Waals surface area (Å²) >= 11 is 6.99. The maximum atomic E-state index is 11.4. The molecule has 2 N–H and O–H groups in total. The van der Waals surface area contributed by atoms with Gasteiger partial charge in [0.1, 0.15) is 4.88 Å². The molecule has 15 heavy (non-hydrogen) atoms. The lowest BCUT2D eigenvalue weighted by Gasteiger charge is -2.01. The number of carbonyl (C=O) groups excluding carboxylic acids is 1. The van der Waals surface area contributed by atoms with E-state index in [2.05, 4.69) is 4.84 Å². The molecule has 1 aromatic rings. The molecule has 0 bridgehead atoms. The minimum Gasteiger partial charge on any atom is -0.479 e. The predicted octanol–water partition coefficient (Wildman–Crippen LogP) is 1.46. The zero-order chi connectivity index (χ0) is 11.4. The van der Waals surface area contributed by atoms with Crippen LogP contribution in [0, 0.1) is 6.92 Å². The topological polar surface area (TPSA) is 75.6 Å². The highest BCUT2D eigenvalue weighted by Crippen LogP contribution is 2.26. The third-order valence-corrected chi connectivity index (χ3v) is 3.16. The van der Waals surface area contributed by atoms with Crippen molar-refractivity contribution in [2.24, 2.45) is 0 Å². The summed E-state index contributed by atoms with van der Waals surface area (Å²) < 4.78 is 0. The second kappa shape index (κ2) is 5.11. The molecule has 82 valence electrons. The second-order valence-corrected chi connectivity index (χ2v) is 3.93. The average molecular weight is 250 g/mol. The third-order valence-electron chi connectivity index (χ3n) is 1.47. The Hall–Kier alpha value is -1.11. The van der Waals surface area contributed by atoms with Gasteiger partial charge in [-0.05, 0) is 17.9 Å². The van der Waals surface area contributed by atoms with E-state index in [9.17, 15) is 9.59 Å². The van der Waals surface area contributed by atoms with Gasteiger partial charge < -0.3 is 5.11 Å². The molecule has 0 saturated heterocycles. The van der Waals surface area contributed by atoms with Crippen LogP contribution in [0.5, 0.6) is 0 Å². The van der Waals surface area contributed by atoms with Gasteiger partial charge in [-0.2, -0.15) is 0 Å². The van der Waals surface area contributed by atoms with Crippen LogP contribution >= 0.6 is 22.9 Å². The van der Waals surface area contributed by atoms with Gasteiger partial charge in [-0.15, -0.1) is 11.3 Å². The zero-order valence-electron chi connectivity index (χ0n) is 7.74. The van der Waals surface area contributed by atoms with Crippen LogP contribution in [0.25, 0.3) is 0 Å². The molecule has 1 amide bonds. The Balaban J connectivity index is 2.54. The number of rotatable bonds is 4. The number of hydroxylamine groups is 1. The van der Waals surface area contributed by atoms with Gasteiger partial charge in [0.25, 0.3) is 5.91 Å². The Bertz CT molecular complexity index is 390. The van der Waals surface area contributed by atoms with Gasteiger partial charge in [0.05, 0.1) is 5.02 Å². The van der Waals surface area contributed by atoms with Crippen LogP contribution < -0.4 is 5.48 Å². The van der Waals surface area contributed by atoms with Gasteiger partial charge in [-0.25, -0.2) is 10.3 Å². The van der Waals surface area contributed by atoms with Gasteiger partial charge in [0.2, 0.25) is 0 Å². The van der Waals surface area contributed by atoms with E-state index in [4.69, 9.17) is 16.7 Å². The Morgan fingerprint density at radius 1 is 1.67 bits per heavy atom. The van der Waals surface area contributed by atoms with Crippen molar-refractivity contribution in [1.82, 2.24) is 5.48 Å². The second-order valence-electron chi connectivity index (χ2n) is 2.68. The number of aryl methyl sites for hydroxylation is 1. The molecule has 0 spiro atoms. The molecular formula is C8H8ClNO4S. The summed E-state index contributed by atoms with van der Waals surface area (Å²) in [5, 5.41) is 10.3. The zero-order valence-corrected chi connectivity index (χ0v) is 9.32. The van der Waals surface area contributed by atoms with Crippen molar-refractivity contribution in [2.75, 3.05) is 6.61 Å². The highest BCUT2D eigenvalue weighted by Gasteiger charge is 2.14. The van der Waals surface area contributed by atoms with Crippen LogP contribution in [0.15, 0.2) is 5.38 Å². The molecule has 1 aromatic heterocycles. The van der Waals surface area contributed by atoms with E-state index in [0.717, 1.165) is 5.56 Å². The number of carboxylic acid groups (broad SMARTS) is 1. The van der Waals surface area contributed by atoms with E-state index in [-0.39, 0.29) is 0 Å². The van der Waals surface area contributed by atoms with Crippen LogP contribution in [0.3, 0.4) is 0 Å². The maximum absolute atomic E-state index is 11.4. The largest absolute Gasteiger partial charge is 0.479 e. The van der Waals surface area contributed by atoms with Gasteiger partial charge in [-0.1, -0.05) is 11.6 Å². The van der Waals surface area contributed by atoms with Crippen molar-refractivity contribution in [2.45, 2.75) is 6.92 Å². The standard InChI is InChI=1S/C8H8ClNO4S/c1-4-3-15-7(6(4)9)8(13)10-14-2-5(11)12/h3H,2H2,1H3,(H,10,13)(H,11,12). The molecule has 0 atom stereocenters. The van der Waals surface area contributed by atoms with E-state index < -0.39 is 18.5 Å². The van der Waals surface area contributed by atoms with E-state index in [0.29, 0.717) is 9.90 Å². The molecule has 0 aliphatic rings. The smallest absolute Gasteiger partial charge is 0.332 e. The molecule has 0 aliphatic heterocycles. The molecular weight excluding hydrogens is 242 g/mol. The van der Waals surface area contributed by atoms with Crippen molar-refractivity contribution in [3.63, 3.8) is 0 Å². The summed E-state index contributed by atoms with van der Waals surface area (Å²) in [5.74, 6) is -1.71. The highest BCUT2D eigenvalue weighted by atomic mass is 35.5. The van der Waals surface area contributed by atoms with Gasteiger partial charge in [0.15, 0.2) is 6.61 Å². The van der Waals surface area contributed by atoms with Crippen LogP contribution in [-0.2, 0) is 9.63 Å². The normalized spacial score (nSPS) is 10.0. The lowest BCUT2D eigenvalue weighted by molar-refractivity contribution is -0.144. The fourth-order valence-electron chi connectivity index (χ4n) is 0.793. The number of hydrogen-bond acceptors (Lipinski definition) is 4. The molecule has 7 heteroatoms. The van der Waals surface area contributed by atoms with Crippen molar-refractivity contribution in [3.05, 3.63) is 20.8 Å². The van der Waals surface area contributed by atoms with E-state index in [1.54, 1.807) is 12.3 Å². The lowest BCUT2D eigenvalue weighted by atomic mass is 10.3. The van der Waals surface area contributed by atoms with E-state index >= 15 is 0 Å². The Kier molecular flexibility index (Phi) is 4.07. The molecule has 0 aliphatic carbocycles. The number of hydrogen-bond donors (Lipinski definition) is 2. The van der Waals surface area contributed by atoms with Crippen molar-refractivity contribution in [1.29, 1.82) is 0 Å². The Labute approximate surface area is 94.6 Å². The number of carbonyl (C=O) groups is 2. The summed E-state index contributed by atoms with van der Waals surface area (Å²) in [6.45, 7) is 1.18. The quantitative estimate of drug-likeness (QED) is 0.792. The number of nitrogens with one attached hydrogen (secondary N) is 1. The summed E-state index contributed by atoms with van der Waals surface area (Å²) in [6.07, 6.45) is 0. The van der Waals surface area contributed by atoms with Crippen molar-refractivity contribution in [3.8, 4) is 0 Å². The number of thiophene rings is 1. The summed E-state index contributed by atoms with van der Waals surface area (Å²) in [4.78, 5) is 26.2. The number of carboxylic acids is 1. The Morgan fingerprint density at radius 3 is 2.80 bits per heavy atom. The fourth-order valence-corrected chi connectivity index (χ4v) is 1.96. The average Bonchev–Trinajstić information content (AvgIpc) is 2.47. The van der Waals surface area contributed by atoms with Gasteiger partial charge >= 0.3 is 5.97 Å². The first-order valence-corrected chi connectivity index (χ1v) is 5.15. The summed E-state index contributed by atoms with van der Waals surface area (Å²) in [5.41, 5.74) is 2.79. The van der Waals surface area contributed by atoms with Crippen molar-refractivity contribution >= 4 is 34.8 Å². The molecule has 0 saturated carbocycles. The van der Waals surface area contributed by atoms with Crippen LogP contribution in [0.1, 0.15) is 15.2 Å². The van der Waals surface area contributed by atoms with E-state index in [1.807, 2.05) is 5.48 Å². The first-order chi connectivity index (χ1) is 7.02. The Morgan fingerprint density at radius 2 is 2.33 bits per heavy atom. The predicted molar refractivity (Wildman–Crippen MR) is 55.1 cm³/mol. The molecule has 1 rings (SSSR count). The van der Waals surface area contributed by atoms with Gasteiger partial charge in [-0.3, -0.25) is 9.63 Å². The maximum Gasteiger partial charge on any atom is 0.332 e. The van der Waals surface area contributed by atoms with Gasteiger partial charge in [0, 0.05) is 0 Å². The first kappa shape index (κ1) is 12.0. The van der Waals surface area contributed by atoms with Crippen LogP contribution in [0.4, 0.5) is 0 Å². The lowest BCUT2D eigenvalue weighted by Crippen LogP contribution is -2.26. The number of amides is 1. The monoisotopic (exact) mass is 249 g/mol. The molecule has 0 unspecified atom stereocenters. The molecule has 5 nitrogen and oxygen atoms in total. The molecule has 0 aromatic carbocycles. The number of halogens is 1. The third kappa shape index (κ3) is 3.19. The highest BCUT2D eigenvalue weighted by molar-refractivity contribution is 7.13. The molecule has 0 radical (unpaired) electrons. The SMILES string of the molecule is Cc1csc(C(=O)NOCC(=O)O)c1Cl. The minimum atomic E-state index is -1.16. The summed E-state index contributed by atoms with van der Waals surface area (Å²) in [6, 6.07) is 0. The fraction of sp³-hybridized carbons (Fsp3) is 0.250. The minimum absolute atomic E-state index is 0.305. The van der Waals surface area contributed by atoms with E-state index in [1.165, 1.54) is 11.3 Å². The van der Waals surface area contributed by atoms with Crippen molar-refractivity contribution < 1.29 is 19.5 Å². The summed E-state index contributed by atoms with van der Waals surface area (Å²) in [7, 11) is 0. The van der Waals surface area contributed by atoms with Crippen LogP contribution in [0.2, 0.25) is 5.02 Å².